The first-order valence-corrected chi connectivity index (χ1v) is 10.6. The summed E-state index contributed by atoms with van der Waals surface area (Å²) in [6.45, 7) is 3.02. The molecule has 1 unspecified atom stereocenters. The topological polar surface area (TPSA) is 52.6 Å². The lowest BCUT2D eigenvalue weighted by molar-refractivity contribution is -0.116. The molecule has 0 spiro atoms. The Hall–Kier alpha value is -2.68. The molecular formula is C25H29FN2O2. The van der Waals surface area contributed by atoms with Gasteiger partial charge in [-0.05, 0) is 61.6 Å². The highest BCUT2D eigenvalue weighted by Gasteiger charge is 2.21. The molecule has 30 heavy (non-hydrogen) atoms. The minimum absolute atomic E-state index is 0.0893. The number of halogens is 1. The van der Waals surface area contributed by atoms with Crippen LogP contribution in [0.4, 0.5) is 10.1 Å². The molecule has 5 heteroatoms. The first-order chi connectivity index (χ1) is 14.6. The number of anilines is 1. The van der Waals surface area contributed by atoms with E-state index in [2.05, 4.69) is 34.2 Å². The molecule has 0 aromatic heterocycles. The summed E-state index contributed by atoms with van der Waals surface area (Å²) in [4.78, 5) is 14.6. The fourth-order valence-electron chi connectivity index (χ4n) is 3.81. The summed E-state index contributed by atoms with van der Waals surface area (Å²) in [5.74, 6) is 5.93. The Bertz CT molecular complexity index is 886. The number of hydrogen-bond donors (Lipinski definition) is 2. The van der Waals surface area contributed by atoms with Gasteiger partial charge in [-0.2, -0.15) is 0 Å². The van der Waals surface area contributed by atoms with Crippen LogP contribution in [-0.4, -0.2) is 35.6 Å². The number of nitrogens with one attached hydrogen (secondary N) is 1. The molecule has 0 bridgehead atoms. The summed E-state index contributed by atoms with van der Waals surface area (Å²) in [5.41, 5.74) is 2.46. The van der Waals surface area contributed by atoms with Crippen LogP contribution < -0.4 is 5.32 Å². The molecule has 1 saturated heterocycles. The second kappa shape index (κ2) is 11.5. The minimum atomic E-state index is -0.403. The van der Waals surface area contributed by atoms with E-state index in [0.29, 0.717) is 18.8 Å². The van der Waals surface area contributed by atoms with Crippen LogP contribution in [0.3, 0.4) is 0 Å². The Morgan fingerprint density at radius 1 is 1.20 bits per heavy atom. The van der Waals surface area contributed by atoms with Gasteiger partial charge in [0.2, 0.25) is 5.91 Å². The number of aliphatic hydroxyl groups is 1. The van der Waals surface area contributed by atoms with Crippen LogP contribution in [0.15, 0.2) is 48.5 Å². The quantitative estimate of drug-likeness (QED) is 0.676. The van der Waals surface area contributed by atoms with E-state index in [1.165, 1.54) is 11.6 Å². The summed E-state index contributed by atoms with van der Waals surface area (Å²) in [6.07, 6.45) is 3.98. The fourth-order valence-corrected chi connectivity index (χ4v) is 3.81. The van der Waals surface area contributed by atoms with Crippen molar-refractivity contribution in [3.05, 3.63) is 65.5 Å². The van der Waals surface area contributed by atoms with Gasteiger partial charge in [-0.3, -0.25) is 9.69 Å². The zero-order valence-corrected chi connectivity index (χ0v) is 17.2. The Kier molecular flexibility index (Phi) is 8.43. The van der Waals surface area contributed by atoms with E-state index in [1.807, 2.05) is 12.1 Å². The number of rotatable bonds is 7. The Labute approximate surface area is 178 Å². The van der Waals surface area contributed by atoms with E-state index >= 15 is 0 Å². The standard InChI is InChI=1S/C25H29FN2O2/c26-23-8-1-2-9-24(23)27-25(30)15-14-21-7-5-16-28(18-21)19-22-12-10-20(11-13-22)6-3-4-17-29/h1-2,8-13,21,29H,4-5,7,14-19H2,(H,27,30). The molecule has 158 valence electrons. The lowest BCUT2D eigenvalue weighted by Gasteiger charge is -2.32. The van der Waals surface area contributed by atoms with Gasteiger partial charge in [-0.15, -0.1) is 0 Å². The number of aliphatic hydroxyl groups excluding tert-OH is 1. The zero-order chi connectivity index (χ0) is 21.2. The van der Waals surface area contributed by atoms with Crippen LogP contribution in [0.25, 0.3) is 0 Å². The maximum atomic E-state index is 13.7. The van der Waals surface area contributed by atoms with Crippen LogP contribution in [0.5, 0.6) is 0 Å². The highest BCUT2D eigenvalue weighted by atomic mass is 19.1. The average molecular weight is 409 g/mol. The number of piperidine rings is 1. The number of hydrogen-bond acceptors (Lipinski definition) is 3. The summed E-state index contributed by atoms with van der Waals surface area (Å²) >= 11 is 0. The lowest BCUT2D eigenvalue weighted by Crippen LogP contribution is -2.35. The molecule has 0 saturated carbocycles. The van der Waals surface area contributed by atoms with Crippen molar-refractivity contribution in [3.63, 3.8) is 0 Å². The average Bonchev–Trinajstić information content (AvgIpc) is 2.76. The van der Waals surface area contributed by atoms with Crippen LogP contribution in [0.2, 0.25) is 0 Å². The van der Waals surface area contributed by atoms with E-state index in [1.54, 1.807) is 18.2 Å². The van der Waals surface area contributed by atoms with Crippen molar-refractivity contribution in [2.24, 2.45) is 5.92 Å². The maximum absolute atomic E-state index is 13.7. The monoisotopic (exact) mass is 408 g/mol. The molecule has 1 heterocycles. The van der Waals surface area contributed by atoms with E-state index in [9.17, 15) is 9.18 Å². The van der Waals surface area contributed by atoms with E-state index in [-0.39, 0.29) is 18.2 Å². The van der Waals surface area contributed by atoms with Crippen molar-refractivity contribution >= 4 is 11.6 Å². The largest absolute Gasteiger partial charge is 0.395 e. The third-order valence-electron chi connectivity index (χ3n) is 5.36. The second-order valence-electron chi connectivity index (χ2n) is 7.78. The highest BCUT2D eigenvalue weighted by Crippen LogP contribution is 2.23. The zero-order valence-electron chi connectivity index (χ0n) is 17.2. The van der Waals surface area contributed by atoms with Crippen LogP contribution in [-0.2, 0) is 11.3 Å². The van der Waals surface area contributed by atoms with Crippen molar-refractivity contribution in [1.82, 2.24) is 4.90 Å². The third-order valence-corrected chi connectivity index (χ3v) is 5.36. The van der Waals surface area contributed by atoms with E-state index < -0.39 is 5.82 Å². The van der Waals surface area contributed by atoms with E-state index in [4.69, 9.17) is 5.11 Å². The van der Waals surface area contributed by atoms with Gasteiger partial charge >= 0.3 is 0 Å². The maximum Gasteiger partial charge on any atom is 0.224 e. The first-order valence-electron chi connectivity index (χ1n) is 10.6. The molecule has 1 aliphatic rings. The van der Waals surface area contributed by atoms with Gasteiger partial charge in [-0.25, -0.2) is 4.39 Å². The molecule has 1 fully saturated rings. The van der Waals surface area contributed by atoms with Crippen LogP contribution >= 0.6 is 0 Å². The predicted octanol–water partition coefficient (Wildman–Crippen LogP) is 4.19. The Morgan fingerprint density at radius 3 is 2.77 bits per heavy atom. The molecule has 2 aromatic carbocycles. The van der Waals surface area contributed by atoms with Crippen molar-refractivity contribution < 1.29 is 14.3 Å². The highest BCUT2D eigenvalue weighted by molar-refractivity contribution is 5.90. The Morgan fingerprint density at radius 2 is 2.00 bits per heavy atom. The van der Waals surface area contributed by atoms with Crippen molar-refractivity contribution in [3.8, 4) is 11.8 Å². The predicted molar refractivity (Wildman–Crippen MR) is 117 cm³/mol. The normalized spacial score (nSPS) is 16.5. The molecule has 2 N–H and O–H groups in total. The molecular weight excluding hydrogens is 379 g/mol. The molecule has 1 aliphatic heterocycles. The summed E-state index contributed by atoms with van der Waals surface area (Å²) < 4.78 is 13.7. The van der Waals surface area contributed by atoms with Gasteiger partial charge in [0.05, 0.1) is 12.3 Å². The van der Waals surface area contributed by atoms with Crippen molar-refractivity contribution in [2.45, 2.75) is 38.6 Å². The number of carbonyl (C=O) groups excluding carboxylic acids is 1. The molecule has 3 rings (SSSR count). The van der Waals surface area contributed by atoms with Crippen LogP contribution in [0, 0.1) is 23.6 Å². The van der Waals surface area contributed by atoms with Gasteiger partial charge in [0.25, 0.3) is 0 Å². The van der Waals surface area contributed by atoms with Crippen LogP contribution in [0.1, 0.15) is 43.2 Å². The molecule has 1 amide bonds. The molecule has 0 radical (unpaired) electrons. The van der Waals surface area contributed by atoms with Gasteiger partial charge in [-0.1, -0.05) is 36.1 Å². The van der Waals surface area contributed by atoms with Gasteiger partial charge in [0.15, 0.2) is 0 Å². The first kappa shape index (κ1) is 22.0. The smallest absolute Gasteiger partial charge is 0.224 e. The SMILES string of the molecule is O=C(CCC1CCCN(Cc2ccc(C#CCCO)cc2)C1)Nc1ccccc1F. The molecule has 0 aliphatic carbocycles. The van der Waals surface area contributed by atoms with Gasteiger partial charge < -0.3 is 10.4 Å². The van der Waals surface area contributed by atoms with Gasteiger partial charge in [0.1, 0.15) is 5.82 Å². The fraction of sp³-hybridized carbons (Fsp3) is 0.400. The number of carbonyl (C=O) groups is 1. The van der Waals surface area contributed by atoms with E-state index in [0.717, 1.165) is 44.5 Å². The van der Waals surface area contributed by atoms with Crippen molar-refractivity contribution in [1.29, 1.82) is 0 Å². The summed E-state index contributed by atoms with van der Waals surface area (Å²) in [5, 5.41) is 11.5. The molecule has 4 nitrogen and oxygen atoms in total. The second-order valence-corrected chi connectivity index (χ2v) is 7.78. The summed E-state index contributed by atoms with van der Waals surface area (Å²) in [7, 11) is 0. The number of benzene rings is 2. The number of para-hydroxylation sites is 1. The molecule has 1 atom stereocenters. The Balaban J connectivity index is 1.44. The third kappa shape index (κ3) is 6.98. The number of amides is 1. The van der Waals surface area contributed by atoms with Crippen molar-refractivity contribution in [2.75, 3.05) is 25.0 Å². The molecule has 2 aromatic rings. The minimum Gasteiger partial charge on any atom is -0.395 e. The lowest BCUT2D eigenvalue weighted by atomic mass is 9.93. The number of likely N-dealkylation sites (tertiary alicyclic amines) is 1. The number of nitrogens with zero attached hydrogens (tertiary/aromatic N) is 1. The van der Waals surface area contributed by atoms with Gasteiger partial charge in [0, 0.05) is 31.5 Å². The summed E-state index contributed by atoms with van der Waals surface area (Å²) in [6, 6.07) is 14.5.